The molecule has 0 aliphatic carbocycles. The van der Waals surface area contributed by atoms with Crippen LogP contribution in [0.1, 0.15) is 17.3 Å². The standard InChI is InChI=1S/C14H14O3/c1-3-17-14(15)11-5-4-10-6-7-13(16-2)9-12(10)8-11/h4-9H,3H2,1-2H3. The van der Waals surface area contributed by atoms with Crippen LogP contribution in [0.5, 0.6) is 5.75 Å². The lowest BCUT2D eigenvalue weighted by Crippen LogP contribution is -2.04. The first-order valence-electron chi connectivity index (χ1n) is 5.49. The number of benzene rings is 2. The summed E-state index contributed by atoms with van der Waals surface area (Å²) in [5.41, 5.74) is 0.563. The largest absolute Gasteiger partial charge is 0.497 e. The molecule has 0 aromatic heterocycles. The lowest BCUT2D eigenvalue weighted by Gasteiger charge is -2.05. The number of carbonyl (C=O) groups is 1. The minimum atomic E-state index is -0.294. The normalized spacial score (nSPS) is 10.2. The van der Waals surface area contributed by atoms with Gasteiger partial charge in [0.2, 0.25) is 0 Å². The van der Waals surface area contributed by atoms with E-state index in [-0.39, 0.29) is 5.97 Å². The van der Waals surface area contributed by atoms with Gasteiger partial charge in [-0.05, 0) is 42.0 Å². The van der Waals surface area contributed by atoms with Crippen LogP contribution in [0.2, 0.25) is 0 Å². The van der Waals surface area contributed by atoms with Crippen molar-refractivity contribution in [1.82, 2.24) is 0 Å². The van der Waals surface area contributed by atoms with Crippen LogP contribution in [-0.4, -0.2) is 19.7 Å². The van der Waals surface area contributed by atoms with E-state index in [0.29, 0.717) is 12.2 Å². The van der Waals surface area contributed by atoms with Gasteiger partial charge in [0.05, 0.1) is 19.3 Å². The van der Waals surface area contributed by atoms with Crippen LogP contribution in [0.25, 0.3) is 10.8 Å². The smallest absolute Gasteiger partial charge is 0.338 e. The summed E-state index contributed by atoms with van der Waals surface area (Å²) in [5, 5.41) is 2.04. The molecule has 0 unspecified atom stereocenters. The van der Waals surface area contributed by atoms with Gasteiger partial charge in [-0.25, -0.2) is 4.79 Å². The van der Waals surface area contributed by atoms with E-state index in [1.54, 1.807) is 20.1 Å². The third-order valence-electron chi connectivity index (χ3n) is 2.56. The third-order valence-corrected chi connectivity index (χ3v) is 2.56. The fraction of sp³-hybridized carbons (Fsp3) is 0.214. The Bertz CT molecular complexity index is 546. The molecule has 0 amide bonds. The number of hydrogen-bond donors (Lipinski definition) is 0. The highest BCUT2D eigenvalue weighted by Gasteiger charge is 2.07. The monoisotopic (exact) mass is 230 g/mol. The van der Waals surface area contributed by atoms with Gasteiger partial charge in [0.1, 0.15) is 5.75 Å². The van der Waals surface area contributed by atoms with E-state index in [2.05, 4.69) is 0 Å². The molecule has 0 bridgehead atoms. The van der Waals surface area contributed by atoms with E-state index in [9.17, 15) is 4.79 Å². The average molecular weight is 230 g/mol. The van der Waals surface area contributed by atoms with Crippen molar-refractivity contribution >= 4 is 16.7 Å². The van der Waals surface area contributed by atoms with E-state index >= 15 is 0 Å². The van der Waals surface area contributed by atoms with Gasteiger partial charge in [0.25, 0.3) is 0 Å². The molecular weight excluding hydrogens is 216 g/mol. The molecule has 2 aromatic rings. The molecule has 3 heteroatoms. The van der Waals surface area contributed by atoms with Crippen LogP contribution in [0, 0.1) is 0 Å². The zero-order valence-corrected chi connectivity index (χ0v) is 9.90. The van der Waals surface area contributed by atoms with Crippen LogP contribution in [0.3, 0.4) is 0 Å². The van der Waals surface area contributed by atoms with Crippen molar-refractivity contribution in [3.63, 3.8) is 0 Å². The number of rotatable bonds is 3. The second-order valence-corrected chi connectivity index (χ2v) is 3.65. The van der Waals surface area contributed by atoms with Gasteiger partial charge in [-0.15, -0.1) is 0 Å². The second kappa shape index (κ2) is 4.87. The molecule has 2 aromatic carbocycles. The number of esters is 1. The number of ether oxygens (including phenoxy) is 2. The van der Waals surface area contributed by atoms with E-state index in [4.69, 9.17) is 9.47 Å². The first-order valence-corrected chi connectivity index (χ1v) is 5.49. The van der Waals surface area contributed by atoms with Crippen molar-refractivity contribution in [2.24, 2.45) is 0 Å². The Morgan fingerprint density at radius 1 is 1.12 bits per heavy atom. The molecule has 0 saturated heterocycles. The Labute approximate surface area is 100.0 Å². The molecule has 17 heavy (non-hydrogen) atoms. The average Bonchev–Trinajstić information content (AvgIpc) is 2.37. The highest BCUT2D eigenvalue weighted by molar-refractivity contribution is 5.95. The predicted molar refractivity (Wildman–Crippen MR) is 66.5 cm³/mol. The third kappa shape index (κ3) is 2.38. The van der Waals surface area contributed by atoms with Crippen molar-refractivity contribution in [2.45, 2.75) is 6.92 Å². The molecule has 0 spiro atoms. The molecule has 0 saturated carbocycles. The Morgan fingerprint density at radius 3 is 2.59 bits per heavy atom. The molecule has 0 atom stereocenters. The summed E-state index contributed by atoms with van der Waals surface area (Å²) >= 11 is 0. The molecule has 0 heterocycles. The number of carbonyl (C=O) groups excluding carboxylic acids is 1. The fourth-order valence-electron chi connectivity index (χ4n) is 1.69. The molecule has 3 nitrogen and oxygen atoms in total. The predicted octanol–water partition coefficient (Wildman–Crippen LogP) is 3.03. The van der Waals surface area contributed by atoms with Crippen LogP contribution < -0.4 is 4.74 Å². The number of methoxy groups -OCH3 is 1. The number of hydrogen-bond acceptors (Lipinski definition) is 3. The summed E-state index contributed by atoms with van der Waals surface area (Å²) in [4.78, 5) is 11.6. The van der Waals surface area contributed by atoms with Gasteiger partial charge in [-0.2, -0.15) is 0 Å². The lowest BCUT2D eigenvalue weighted by atomic mass is 10.1. The Kier molecular flexibility index (Phi) is 3.28. The van der Waals surface area contributed by atoms with Crippen LogP contribution in [-0.2, 0) is 4.74 Å². The topological polar surface area (TPSA) is 35.5 Å². The highest BCUT2D eigenvalue weighted by Crippen LogP contribution is 2.22. The van der Waals surface area contributed by atoms with Crippen molar-refractivity contribution in [1.29, 1.82) is 0 Å². The van der Waals surface area contributed by atoms with Gasteiger partial charge in [0.15, 0.2) is 0 Å². The second-order valence-electron chi connectivity index (χ2n) is 3.65. The summed E-state index contributed by atoms with van der Waals surface area (Å²) < 4.78 is 10.1. The molecule has 0 fully saturated rings. The molecular formula is C14H14O3. The molecule has 0 aliphatic heterocycles. The SMILES string of the molecule is CCOC(=O)c1ccc2ccc(OC)cc2c1. The summed E-state index contributed by atoms with van der Waals surface area (Å²) in [5.74, 6) is 0.482. The lowest BCUT2D eigenvalue weighted by molar-refractivity contribution is 0.0526. The van der Waals surface area contributed by atoms with Crippen LogP contribution >= 0.6 is 0 Å². The van der Waals surface area contributed by atoms with E-state index in [0.717, 1.165) is 16.5 Å². The van der Waals surface area contributed by atoms with Gasteiger partial charge in [0, 0.05) is 0 Å². The molecule has 0 N–H and O–H groups in total. The first kappa shape index (κ1) is 11.5. The van der Waals surface area contributed by atoms with Gasteiger partial charge in [-0.3, -0.25) is 0 Å². The Balaban J connectivity index is 2.44. The summed E-state index contributed by atoms with van der Waals surface area (Å²) in [6.45, 7) is 2.18. The first-order chi connectivity index (χ1) is 8.24. The van der Waals surface area contributed by atoms with Crippen molar-refractivity contribution in [2.75, 3.05) is 13.7 Å². The highest BCUT2D eigenvalue weighted by atomic mass is 16.5. The molecule has 2 rings (SSSR count). The van der Waals surface area contributed by atoms with Crippen LogP contribution in [0.4, 0.5) is 0 Å². The van der Waals surface area contributed by atoms with Gasteiger partial charge < -0.3 is 9.47 Å². The van der Waals surface area contributed by atoms with Crippen molar-refractivity contribution in [3.05, 3.63) is 42.0 Å². The quantitative estimate of drug-likeness (QED) is 0.760. The van der Waals surface area contributed by atoms with Crippen molar-refractivity contribution in [3.8, 4) is 5.75 Å². The zero-order valence-electron chi connectivity index (χ0n) is 9.90. The Morgan fingerprint density at radius 2 is 1.88 bits per heavy atom. The van der Waals surface area contributed by atoms with Gasteiger partial charge in [-0.1, -0.05) is 12.1 Å². The van der Waals surface area contributed by atoms with E-state index in [1.807, 2.05) is 30.3 Å². The molecule has 0 radical (unpaired) electrons. The molecule has 0 aliphatic rings. The van der Waals surface area contributed by atoms with Crippen LogP contribution in [0.15, 0.2) is 36.4 Å². The zero-order chi connectivity index (χ0) is 12.3. The number of fused-ring (bicyclic) bond motifs is 1. The summed E-state index contributed by atoms with van der Waals surface area (Å²) in [7, 11) is 1.62. The van der Waals surface area contributed by atoms with E-state index < -0.39 is 0 Å². The van der Waals surface area contributed by atoms with E-state index in [1.165, 1.54) is 0 Å². The minimum absolute atomic E-state index is 0.294. The maximum Gasteiger partial charge on any atom is 0.338 e. The molecule has 88 valence electrons. The summed E-state index contributed by atoms with van der Waals surface area (Å²) in [6, 6.07) is 11.2. The fourth-order valence-corrected chi connectivity index (χ4v) is 1.69. The summed E-state index contributed by atoms with van der Waals surface area (Å²) in [6.07, 6.45) is 0. The minimum Gasteiger partial charge on any atom is -0.497 e. The van der Waals surface area contributed by atoms with Crippen molar-refractivity contribution < 1.29 is 14.3 Å². The maximum absolute atomic E-state index is 11.6. The maximum atomic E-state index is 11.6. The van der Waals surface area contributed by atoms with Gasteiger partial charge >= 0.3 is 5.97 Å². The Hall–Kier alpha value is -2.03.